The van der Waals surface area contributed by atoms with Crippen LogP contribution in [0.2, 0.25) is 0 Å². The van der Waals surface area contributed by atoms with Crippen molar-refractivity contribution in [2.45, 2.75) is 270 Å². The molecule has 0 aliphatic carbocycles. The molecule has 0 aromatic carbocycles. The van der Waals surface area contributed by atoms with E-state index in [2.05, 4.69) is 19.2 Å². The number of aliphatic hydroxyl groups excluding tert-OH is 3. The monoisotopic (exact) mass is 722 g/mol. The van der Waals surface area contributed by atoms with Gasteiger partial charge >= 0.3 is 0 Å². The van der Waals surface area contributed by atoms with Gasteiger partial charge in [-0.3, -0.25) is 4.79 Å². The molecule has 0 saturated heterocycles. The van der Waals surface area contributed by atoms with Gasteiger partial charge in [-0.05, 0) is 19.3 Å². The molecule has 304 valence electrons. The number of unbranched alkanes of at least 4 members (excludes halogenated alkanes) is 33. The van der Waals surface area contributed by atoms with Crippen LogP contribution >= 0.6 is 0 Å². The molecule has 0 saturated carbocycles. The molecule has 0 aromatic heterocycles. The smallest absolute Gasteiger partial charge is 0.222 e. The van der Waals surface area contributed by atoms with Crippen molar-refractivity contribution in [1.82, 2.24) is 5.32 Å². The number of carbonyl (C=O) groups is 1. The molecule has 0 fully saturated rings. The van der Waals surface area contributed by atoms with Gasteiger partial charge in [-0.25, -0.2) is 0 Å². The molecule has 5 heteroatoms. The summed E-state index contributed by atoms with van der Waals surface area (Å²) in [7, 11) is 0. The Hall–Kier alpha value is -0.910. The van der Waals surface area contributed by atoms with Crippen molar-refractivity contribution < 1.29 is 20.1 Å². The second-order valence-corrected chi connectivity index (χ2v) is 16.0. The molecule has 0 radical (unpaired) electrons. The zero-order chi connectivity index (χ0) is 37.3. The van der Waals surface area contributed by atoms with Crippen molar-refractivity contribution in [1.29, 1.82) is 0 Å². The first-order chi connectivity index (χ1) is 25.0. The highest BCUT2D eigenvalue weighted by molar-refractivity contribution is 5.76. The molecule has 1 amide bonds. The molecule has 0 bridgehead atoms. The van der Waals surface area contributed by atoms with Crippen molar-refractivity contribution in [2.75, 3.05) is 6.61 Å². The molecular weight excluding hydrogens is 631 g/mol. The molecular formula is C46H91NO4. The Morgan fingerprint density at radius 3 is 1.14 bits per heavy atom. The third-order valence-corrected chi connectivity index (χ3v) is 10.8. The number of carbonyl (C=O) groups excluding carboxylic acids is 1. The number of amides is 1. The van der Waals surface area contributed by atoms with E-state index in [4.69, 9.17) is 0 Å². The van der Waals surface area contributed by atoms with Gasteiger partial charge in [0.2, 0.25) is 5.91 Å². The average molecular weight is 722 g/mol. The summed E-state index contributed by atoms with van der Waals surface area (Å²) in [5.41, 5.74) is 0. The van der Waals surface area contributed by atoms with Gasteiger partial charge in [0.25, 0.3) is 0 Å². The Bertz CT molecular complexity index is 713. The maximum absolute atomic E-state index is 12.4. The molecule has 0 aromatic rings. The van der Waals surface area contributed by atoms with E-state index < -0.39 is 18.2 Å². The first kappa shape index (κ1) is 50.1. The Kier molecular flexibility index (Phi) is 41.1. The zero-order valence-corrected chi connectivity index (χ0v) is 34.5. The van der Waals surface area contributed by atoms with Crippen molar-refractivity contribution in [2.24, 2.45) is 0 Å². The van der Waals surface area contributed by atoms with E-state index in [0.29, 0.717) is 6.42 Å². The van der Waals surface area contributed by atoms with Gasteiger partial charge in [-0.1, -0.05) is 238 Å². The summed E-state index contributed by atoms with van der Waals surface area (Å²) in [6.07, 6.45) is 49.3. The normalized spacial score (nSPS) is 13.6. The van der Waals surface area contributed by atoms with E-state index >= 15 is 0 Å². The second-order valence-electron chi connectivity index (χ2n) is 16.0. The van der Waals surface area contributed by atoms with Crippen LogP contribution in [0.25, 0.3) is 0 Å². The Labute approximate surface area is 319 Å². The fourth-order valence-electron chi connectivity index (χ4n) is 7.28. The molecule has 0 aliphatic rings. The van der Waals surface area contributed by atoms with Crippen LogP contribution < -0.4 is 5.32 Å². The number of hydrogen-bond donors (Lipinski definition) is 4. The molecule has 4 N–H and O–H groups in total. The minimum absolute atomic E-state index is 0.0187. The van der Waals surface area contributed by atoms with Gasteiger partial charge in [-0.15, -0.1) is 0 Å². The third kappa shape index (κ3) is 38.6. The quantitative estimate of drug-likeness (QED) is 0.0373. The number of hydrogen-bond acceptors (Lipinski definition) is 4. The van der Waals surface area contributed by atoms with Crippen molar-refractivity contribution in [3.8, 4) is 0 Å². The summed E-state index contributed by atoms with van der Waals surface area (Å²) in [5, 5.41) is 33.3. The predicted octanol–water partition coefficient (Wildman–Crippen LogP) is 13.2. The lowest BCUT2D eigenvalue weighted by Crippen LogP contribution is -2.45. The van der Waals surface area contributed by atoms with E-state index in [1.54, 1.807) is 6.08 Å². The van der Waals surface area contributed by atoms with Gasteiger partial charge in [0, 0.05) is 0 Å². The van der Waals surface area contributed by atoms with E-state index in [0.717, 1.165) is 25.7 Å². The number of allylic oxidation sites excluding steroid dienone is 1. The lowest BCUT2D eigenvalue weighted by molar-refractivity contribution is -0.124. The summed E-state index contributed by atoms with van der Waals surface area (Å²) in [6.45, 7) is 4.23. The average Bonchev–Trinajstić information content (AvgIpc) is 3.12. The van der Waals surface area contributed by atoms with Crippen LogP contribution in [0.1, 0.15) is 251 Å². The van der Waals surface area contributed by atoms with Gasteiger partial charge in [-0.2, -0.15) is 0 Å². The van der Waals surface area contributed by atoms with Crippen LogP contribution in [-0.2, 0) is 4.79 Å². The summed E-state index contributed by atoms with van der Waals surface area (Å²) in [5.74, 6) is -0.311. The van der Waals surface area contributed by atoms with Crippen molar-refractivity contribution in [3.05, 3.63) is 12.2 Å². The van der Waals surface area contributed by atoms with Gasteiger partial charge in [0.15, 0.2) is 0 Å². The van der Waals surface area contributed by atoms with E-state index in [9.17, 15) is 20.1 Å². The molecule has 0 rings (SSSR count). The van der Waals surface area contributed by atoms with Crippen LogP contribution in [0.5, 0.6) is 0 Å². The first-order valence-corrected chi connectivity index (χ1v) is 23.0. The summed E-state index contributed by atoms with van der Waals surface area (Å²) in [6, 6.07) is -0.739. The number of aliphatic hydroxyl groups is 3. The minimum atomic E-state index is -0.924. The Morgan fingerprint density at radius 1 is 0.490 bits per heavy atom. The highest BCUT2D eigenvalue weighted by Crippen LogP contribution is 2.17. The SMILES string of the molecule is CCCCCCCCCCCCCCCCCCCCC/C=C/C(O)C(CO)NC(=O)CC(O)CCCCCCCCCCCCCCCCC. The summed E-state index contributed by atoms with van der Waals surface area (Å²) in [4.78, 5) is 12.4. The Morgan fingerprint density at radius 2 is 0.804 bits per heavy atom. The molecule has 3 atom stereocenters. The fraction of sp³-hybridized carbons (Fsp3) is 0.935. The van der Waals surface area contributed by atoms with Gasteiger partial charge in [0.05, 0.1) is 31.3 Å². The molecule has 51 heavy (non-hydrogen) atoms. The molecule has 3 unspecified atom stereocenters. The van der Waals surface area contributed by atoms with Crippen molar-refractivity contribution in [3.63, 3.8) is 0 Å². The van der Waals surface area contributed by atoms with Gasteiger partial charge < -0.3 is 20.6 Å². The lowest BCUT2D eigenvalue weighted by atomic mass is 10.0. The number of nitrogens with one attached hydrogen (secondary N) is 1. The molecule has 0 spiro atoms. The van der Waals surface area contributed by atoms with Crippen LogP contribution in [0.15, 0.2) is 12.2 Å². The topological polar surface area (TPSA) is 89.8 Å². The maximum Gasteiger partial charge on any atom is 0.222 e. The highest BCUT2D eigenvalue weighted by atomic mass is 16.3. The lowest BCUT2D eigenvalue weighted by Gasteiger charge is -2.21. The molecule has 0 aliphatic heterocycles. The standard InChI is InChI=1S/C46H91NO4/c1-3-5-7-9-11-13-15-17-19-20-21-22-23-24-26-28-30-32-34-36-38-40-45(50)44(42-48)47-46(51)41-43(49)39-37-35-33-31-29-27-25-18-16-14-12-10-8-6-4-2/h38,40,43-45,48-50H,3-37,39,41-42H2,1-2H3,(H,47,51)/b40-38+. The minimum Gasteiger partial charge on any atom is -0.394 e. The maximum atomic E-state index is 12.4. The van der Waals surface area contributed by atoms with E-state index in [-0.39, 0.29) is 18.9 Å². The first-order valence-electron chi connectivity index (χ1n) is 23.0. The van der Waals surface area contributed by atoms with Crippen LogP contribution in [0.4, 0.5) is 0 Å². The van der Waals surface area contributed by atoms with Crippen LogP contribution in [0, 0.1) is 0 Å². The third-order valence-electron chi connectivity index (χ3n) is 10.8. The molecule has 5 nitrogen and oxygen atoms in total. The van der Waals surface area contributed by atoms with Crippen molar-refractivity contribution >= 4 is 5.91 Å². The summed E-state index contributed by atoms with van der Waals surface area (Å²) < 4.78 is 0. The largest absolute Gasteiger partial charge is 0.394 e. The highest BCUT2D eigenvalue weighted by Gasteiger charge is 2.20. The van der Waals surface area contributed by atoms with E-state index in [1.807, 2.05) is 6.08 Å². The molecule has 0 heterocycles. The zero-order valence-electron chi connectivity index (χ0n) is 34.5. The predicted molar refractivity (Wildman–Crippen MR) is 222 cm³/mol. The second kappa shape index (κ2) is 41.8. The van der Waals surface area contributed by atoms with E-state index in [1.165, 1.54) is 199 Å². The fourth-order valence-corrected chi connectivity index (χ4v) is 7.28. The van der Waals surface area contributed by atoms with Crippen LogP contribution in [-0.4, -0.2) is 46.1 Å². The Balaban J connectivity index is 3.62. The van der Waals surface area contributed by atoms with Gasteiger partial charge in [0.1, 0.15) is 0 Å². The summed E-state index contributed by atoms with van der Waals surface area (Å²) >= 11 is 0. The number of rotatable bonds is 42. The van der Waals surface area contributed by atoms with Crippen LogP contribution in [0.3, 0.4) is 0 Å².